The Labute approximate surface area is 129 Å². The Balaban J connectivity index is 2.49. The van der Waals surface area contributed by atoms with E-state index in [2.05, 4.69) is 20.3 Å². The summed E-state index contributed by atoms with van der Waals surface area (Å²) in [5.74, 6) is 1.49. The highest BCUT2D eigenvalue weighted by atomic mass is 32.2. The van der Waals surface area contributed by atoms with Crippen LogP contribution in [0.4, 0.5) is 11.6 Å². The first-order chi connectivity index (χ1) is 10.2. The Morgan fingerprint density at radius 1 is 1.14 bits per heavy atom. The van der Waals surface area contributed by atoms with Gasteiger partial charge in [0.15, 0.2) is 0 Å². The lowest BCUT2D eigenvalue weighted by Gasteiger charge is -2.12. The van der Waals surface area contributed by atoms with E-state index < -0.39 is 10.1 Å². The van der Waals surface area contributed by atoms with Crippen LogP contribution in [0.5, 0.6) is 0 Å². The van der Waals surface area contributed by atoms with Gasteiger partial charge < -0.3 is 5.32 Å². The van der Waals surface area contributed by atoms with Gasteiger partial charge in [-0.3, -0.25) is 4.55 Å². The Morgan fingerprint density at radius 2 is 1.82 bits per heavy atom. The quantitative estimate of drug-likeness (QED) is 0.833. The minimum absolute atomic E-state index is 0.112. The van der Waals surface area contributed by atoms with E-state index in [1.807, 2.05) is 20.8 Å². The van der Waals surface area contributed by atoms with Crippen molar-refractivity contribution in [2.45, 2.75) is 38.5 Å². The Kier molecular flexibility index (Phi) is 4.43. The standard InChI is InChI=1S/C14H18N4O3S/c1-8(2)13-15-10(4)16-14(18-13)17-11-7-9(3)5-6-12(11)22(19,20)21/h5-8H,1-4H3,(H,19,20,21)(H,15,16,17,18). The third-order valence-corrected chi connectivity index (χ3v) is 3.85. The van der Waals surface area contributed by atoms with Crippen molar-refractivity contribution in [1.82, 2.24) is 15.0 Å². The predicted molar refractivity (Wildman–Crippen MR) is 82.9 cm³/mol. The van der Waals surface area contributed by atoms with Crippen molar-refractivity contribution in [3.8, 4) is 0 Å². The second kappa shape index (κ2) is 5.98. The molecule has 0 saturated heterocycles. The van der Waals surface area contributed by atoms with E-state index in [1.54, 1.807) is 19.1 Å². The van der Waals surface area contributed by atoms with Gasteiger partial charge in [0.2, 0.25) is 5.95 Å². The Hall–Kier alpha value is -2.06. The van der Waals surface area contributed by atoms with Gasteiger partial charge in [0, 0.05) is 5.92 Å². The molecular formula is C14H18N4O3S. The molecule has 0 spiro atoms. The van der Waals surface area contributed by atoms with Crippen molar-refractivity contribution in [2.75, 3.05) is 5.32 Å². The molecule has 8 heteroatoms. The number of aryl methyl sites for hydroxylation is 2. The first-order valence-corrected chi connectivity index (χ1v) is 8.18. The van der Waals surface area contributed by atoms with Crippen molar-refractivity contribution in [3.05, 3.63) is 35.4 Å². The molecule has 2 N–H and O–H groups in total. The van der Waals surface area contributed by atoms with Gasteiger partial charge >= 0.3 is 0 Å². The van der Waals surface area contributed by atoms with Crippen molar-refractivity contribution >= 4 is 21.8 Å². The van der Waals surface area contributed by atoms with Gasteiger partial charge in [-0.1, -0.05) is 19.9 Å². The fourth-order valence-corrected chi connectivity index (χ4v) is 2.53. The number of hydrogen-bond acceptors (Lipinski definition) is 6. The fraction of sp³-hybridized carbons (Fsp3) is 0.357. The monoisotopic (exact) mass is 322 g/mol. The molecule has 0 bridgehead atoms. The number of nitrogens with one attached hydrogen (secondary N) is 1. The average molecular weight is 322 g/mol. The predicted octanol–water partition coefficient (Wildman–Crippen LogP) is 2.60. The van der Waals surface area contributed by atoms with Crippen LogP contribution in [-0.2, 0) is 10.1 Å². The van der Waals surface area contributed by atoms with Gasteiger partial charge in [0.25, 0.3) is 10.1 Å². The van der Waals surface area contributed by atoms with E-state index in [9.17, 15) is 13.0 Å². The Bertz CT molecular complexity index is 804. The van der Waals surface area contributed by atoms with Crippen molar-refractivity contribution in [1.29, 1.82) is 0 Å². The number of nitrogens with zero attached hydrogens (tertiary/aromatic N) is 3. The molecule has 0 atom stereocenters. The molecule has 2 aromatic rings. The van der Waals surface area contributed by atoms with Crippen LogP contribution < -0.4 is 5.32 Å². The lowest BCUT2D eigenvalue weighted by atomic mass is 10.2. The summed E-state index contributed by atoms with van der Waals surface area (Å²) in [5, 5.41) is 2.85. The topological polar surface area (TPSA) is 105 Å². The van der Waals surface area contributed by atoms with E-state index in [0.29, 0.717) is 11.6 Å². The van der Waals surface area contributed by atoms with E-state index in [0.717, 1.165) is 5.56 Å². The highest BCUT2D eigenvalue weighted by Crippen LogP contribution is 2.25. The van der Waals surface area contributed by atoms with Gasteiger partial charge in [-0.2, -0.15) is 18.4 Å². The van der Waals surface area contributed by atoms with Crippen LogP contribution in [0.1, 0.15) is 37.0 Å². The van der Waals surface area contributed by atoms with Gasteiger partial charge in [0.1, 0.15) is 16.5 Å². The largest absolute Gasteiger partial charge is 0.323 e. The molecule has 0 aliphatic heterocycles. The molecule has 1 aromatic carbocycles. The summed E-state index contributed by atoms with van der Waals surface area (Å²) in [7, 11) is -4.34. The zero-order valence-electron chi connectivity index (χ0n) is 12.8. The number of rotatable bonds is 4. The lowest BCUT2D eigenvalue weighted by molar-refractivity contribution is 0.483. The van der Waals surface area contributed by atoms with Crippen LogP contribution in [0.15, 0.2) is 23.1 Å². The number of anilines is 2. The smallest absolute Gasteiger partial charge is 0.296 e. The van der Waals surface area contributed by atoms with Gasteiger partial charge in [-0.15, -0.1) is 0 Å². The van der Waals surface area contributed by atoms with E-state index in [1.165, 1.54) is 6.07 Å². The maximum atomic E-state index is 11.5. The molecule has 22 heavy (non-hydrogen) atoms. The van der Waals surface area contributed by atoms with Crippen LogP contribution in [0, 0.1) is 13.8 Å². The molecule has 118 valence electrons. The highest BCUT2D eigenvalue weighted by Gasteiger charge is 2.17. The van der Waals surface area contributed by atoms with Gasteiger partial charge in [-0.05, 0) is 31.5 Å². The minimum atomic E-state index is -4.34. The fourth-order valence-electron chi connectivity index (χ4n) is 1.90. The summed E-state index contributed by atoms with van der Waals surface area (Å²) in [6.07, 6.45) is 0. The number of hydrogen-bond donors (Lipinski definition) is 2. The molecule has 0 saturated carbocycles. The first-order valence-electron chi connectivity index (χ1n) is 6.74. The summed E-state index contributed by atoms with van der Waals surface area (Å²) in [6.45, 7) is 7.46. The van der Waals surface area contributed by atoms with Crippen LogP contribution in [0.25, 0.3) is 0 Å². The molecule has 0 aliphatic rings. The summed E-state index contributed by atoms with van der Waals surface area (Å²) >= 11 is 0. The molecule has 0 aliphatic carbocycles. The molecule has 1 heterocycles. The first kappa shape index (κ1) is 16.3. The van der Waals surface area contributed by atoms with Gasteiger partial charge in [-0.25, -0.2) is 4.98 Å². The highest BCUT2D eigenvalue weighted by molar-refractivity contribution is 7.86. The van der Waals surface area contributed by atoms with E-state index in [-0.39, 0.29) is 22.4 Å². The molecular weight excluding hydrogens is 304 g/mol. The lowest BCUT2D eigenvalue weighted by Crippen LogP contribution is -2.09. The molecule has 0 radical (unpaired) electrons. The third-order valence-electron chi connectivity index (χ3n) is 2.94. The second-order valence-corrected chi connectivity index (χ2v) is 6.71. The van der Waals surface area contributed by atoms with Crippen molar-refractivity contribution in [3.63, 3.8) is 0 Å². The van der Waals surface area contributed by atoms with Crippen molar-refractivity contribution < 1.29 is 13.0 Å². The summed E-state index contributed by atoms with van der Waals surface area (Å²) in [5.41, 5.74) is 1.06. The van der Waals surface area contributed by atoms with Crippen LogP contribution in [0.2, 0.25) is 0 Å². The van der Waals surface area contributed by atoms with Crippen LogP contribution in [-0.4, -0.2) is 27.9 Å². The Morgan fingerprint density at radius 3 is 2.41 bits per heavy atom. The number of benzene rings is 1. The molecule has 7 nitrogen and oxygen atoms in total. The normalized spacial score (nSPS) is 11.7. The maximum absolute atomic E-state index is 11.5. The third kappa shape index (κ3) is 3.77. The molecule has 2 rings (SSSR count). The van der Waals surface area contributed by atoms with E-state index in [4.69, 9.17) is 0 Å². The summed E-state index contributed by atoms with van der Waals surface area (Å²) in [6, 6.07) is 4.55. The molecule has 0 amide bonds. The van der Waals surface area contributed by atoms with Gasteiger partial charge in [0.05, 0.1) is 5.69 Å². The van der Waals surface area contributed by atoms with Crippen LogP contribution >= 0.6 is 0 Å². The maximum Gasteiger partial charge on any atom is 0.296 e. The average Bonchev–Trinajstić information content (AvgIpc) is 2.36. The minimum Gasteiger partial charge on any atom is -0.323 e. The van der Waals surface area contributed by atoms with E-state index >= 15 is 0 Å². The summed E-state index contributed by atoms with van der Waals surface area (Å²) in [4.78, 5) is 12.4. The SMILES string of the molecule is Cc1ccc(S(=O)(=O)O)c(Nc2nc(C)nc(C(C)C)n2)c1. The zero-order chi connectivity index (χ0) is 16.5. The second-order valence-electron chi connectivity index (χ2n) is 5.32. The van der Waals surface area contributed by atoms with Crippen LogP contribution in [0.3, 0.4) is 0 Å². The molecule has 0 unspecified atom stereocenters. The summed E-state index contributed by atoms with van der Waals surface area (Å²) < 4.78 is 32.2. The molecule has 1 aromatic heterocycles. The van der Waals surface area contributed by atoms with Crippen molar-refractivity contribution in [2.24, 2.45) is 0 Å². The number of aromatic nitrogens is 3. The zero-order valence-corrected chi connectivity index (χ0v) is 13.6. The molecule has 0 fully saturated rings.